The maximum atomic E-state index is 11.3. The molecular formula is C19H16ClN3O2. The molecule has 5 nitrogen and oxygen atoms in total. The van der Waals surface area contributed by atoms with Crippen molar-refractivity contribution in [3.63, 3.8) is 0 Å². The van der Waals surface area contributed by atoms with E-state index in [-0.39, 0.29) is 11.6 Å². The number of hydrogen-bond donors (Lipinski definition) is 0. The second-order valence-electron chi connectivity index (χ2n) is 5.56. The number of carbonyl (C=O) groups excluding carboxylic acids is 1. The van der Waals surface area contributed by atoms with Crippen LogP contribution in [0.5, 0.6) is 5.88 Å². The summed E-state index contributed by atoms with van der Waals surface area (Å²) in [5.74, 6) is 0.603. The van der Waals surface area contributed by atoms with Crippen molar-refractivity contribution in [2.45, 2.75) is 13.3 Å². The minimum atomic E-state index is -0.152. The Balaban J connectivity index is 1.92. The zero-order chi connectivity index (χ0) is 17.8. The fourth-order valence-electron chi connectivity index (χ4n) is 2.48. The molecule has 0 unspecified atom stereocenters. The molecule has 0 spiro atoms. The predicted molar refractivity (Wildman–Crippen MR) is 96.1 cm³/mol. The number of benzene rings is 1. The summed E-state index contributed by atoms with van der Waals surface area (Å²) in [5.41, 5.74) is 3.68. The molecule has 126 valence electrons. The van der Waals surface area contributed by atoms with Crippen LogP contribution >= 0.6 is 11.6 Å². The predicted octanol–water partition coefficient (Wildman–Crippen LogP) is 3.99. The van der Waals surface area contributed by atoms with Gasteiger partial charge in [-0.3, -0.25) is 4.79 Å². The van der Waals surface area contributed by atoms with E-state index in [2.05, 4.69) is 15.0 Å². The van der Waals surface area contributed by atoms with Gasteiger partial charge in [0.25, 0.3) is 0 Å². The first-order valence-corrected chi connectivity index (χ1v) is 8.05. The van der Waals surface area contributed by atoms with E-state index >= 15 is 0 Å². The first-order valence-electron chi connectivity index (χ1n) is 7.67. The van der Waals surface area contributed by atoms with Crippen LogP contribution in [0, 0.1) is 0 Å². The van der Waals surface area contributed by atoms with Crippen molar-refractivity contribution in [2.24, 2.45) is 0 Å². The third-order valence-electron chi connectivity index (χ3n) is 3.67. The second-order valence-corrected chi connectivity index (χ2v) is 6.00. The number of methoxy groups -OCH3 is 1. The quantitative estimate of drug-likeness (QED) is 0.649. The van der Waals surface area contributed by atoms with Gasteiger partial charge in [0.15, 0.2) is 11.6 Å². The molecule has 3 rings (SSSR count). The lowest BCUT2D eigenvalue weighted by Crippen LogP contribution is -2.02. The van der Waals surface area contributed by atoms with Crippen molar-refractivity contribution < 1.29 is 9.53 Å². The van der Waals surface area contributed by atoms with E-state index in [1.54, 1.807) is 25.7 Å². The monoisotopic (exact) mass is 353 g/mol. The van der Waals surface area contributed by atoms with Crippen molar-refractivity contribution in [3.05, 3.63) is 70.9 Å². The molecule has 1 aromatic carbocycles. The highest BCUT2D eigenvalue weighted by atomic mass is 35.5. The van der Waals surface area contributed by atoms with Gasteiger partial charge in [-0.25, -0.2) is 15.0 Å². The number of Topliss-reactive ketones (excluding diaryl/α,β-unsaturated/α-hetero) is 1. The Bertz CT molecular complexity index is 911. The van der Waals surface area contributed by atoms with Crippen molar-refractivity contribution in [2.75, 3.05) is 7.11 Å². The van der Waals surface area contributed by atoms with Crippen molar-refractivity contribution in [1.29, 1.82) is 0 Å². The van der Waals surface area contributed by atoms with Gasteiger partial charge in [0, 0.05) is 42.5 Å². The maximum absolute atomic E-state index is 11.3. The lowest BCUT2D eigenvalue weighted by atomic mass is 10.0. The summed E-state index contributed by atoms with van der Waals surface area (Å²) in [6.45, 7) is 1.44. The SMILES string of the molecule is COc1ncc(Cc2cnc(C(C)=O)nc2)cc1-c1cccc(Cl)c1. The lowest BCUT2D eigenvalue weighted by Gasteiger charge is -2.10. The molecule has 0 aliphatic rings. The number of halogens is 1. The van der Waals surface area contributed by atoms with E-state index in [1.807, 2.05) is 30.3 Å². The zero-order valence-corrected chi connectivity index (χ0v) is 14.6. The molecule has 0 saturated heterocycles. The molecule has 0 amide bonds. The minimum absolute atomic E-state index is 0.152. The average molecular weight is 354 g/mol. The molecule has 0 aliphatic carbocycles. The van der Waals surface area contributed by atoms with Gasteiger partial charge in [0.1, 0.15) is 0 Å². The van der Waals surface area contributed by atoms with Crippen LogP contribution in [0.1, 0.15) is 28.7 Å². The zero-order valence-electron chi connectivity index (χ0n) is 13.9. The number of pyridine rings is 1. The van der Waals surface area contributed by atoms with Gasteiger partial charge in [-0.1, -0.05) is 23.7 Å². The molecule has 0 bridgehead atoms. The Morgan fingerprint density at radius 1 is 1.08 bits per heavy atom. The Morgan fingerprint density at radius 3 is 2.44 bits per heavy atom. The molecule has 0 saturated carbocycles. The Labute approximate surface area is 150 Å². The number of ketones is 1. The van der Waals surface area contributed by atoms with Gasteiger partial charge in [-0.2, -0.15) is 0 Å². The van der Waals surface area contributed by atoms with Gasteiger partial charge in [0.2, 0.25) is 5.88 Å². The summed E-state index contributed by atoms with van der Waals surface area (Å²) >= 11 is 6.09. The number of hydrogen-bond acceptors (Lipinski definition) is 5. The summed E-state index contributed by atoms with van der Waals surface area (Å²) < 4.78 is 5.37. The summed E-state index contributed by atoms with van der Waals surface area (Å²) in [7, 11) is 1.59. The molecule has 25 heavy (non-hydrogen) atoms. The van der Waals surface area contributed by atoms with Crippen LogP contribution in [0.4, 0.5) is 0 Å². The van der Waals surface area contributed by atoms with Crippen LogP contribution in [0.25, 0.3) is 11.1 Å². The molecule has 0 radical (unpaired) electrons. The molecule has 0 N–H and O–H groups in total. The molecule has 6 heteroatoms. The highest BCUT2D eigenvalue weighted by molar-refractivity contribution is 6.30. The number of rotatable bonds is 5. The van der Waals surface area contributed by atoms with Crippen LogP contribution in [-0.2, 0) is 6.42 Å². The van der Waals surface area contributed by atoms with E-state index < -0.39 is 0 Å². The van der Waals surface area contributed by atoms with E-state index in [1.165, 1.54) is 6.92 Å². The van der Waals surface area contributed by atoms with E-state index in [0.29, 0.717) is 17.3 Å². The van der Waals surface area contributed by atoms with Gasteiger partial charge in [-0.05, 0) is 34.9 Å². The number of carbonyl (C=O) groups is 1. The van der Waals surface area contributed by atoms with Gasteiger partial charge >= 0.3 is 0 Å². The highest BCUT2D eigenvalue weighted by Gasteiger charge is 2.10. The molecule has 0 atom stereocenters. The van der Waals surface area contributed by atoms with Gasteiger partial charge in [0.05, 0.1) is 7.11 Å². The average Bonchev–Trinajstić information content (AvgIpc) is 2.62. The molecule has 2 heterocycles. The van der Waals surface area contributed by atoms with Crippen LogP contribution in [-0.4, -0.2) is 27.8 Å². The number of ether oxygens (including phenoxy) is 1. The fourth-order valence-corrected chi connectivity index (χ4v) is 2.67. The topological polar surface area (TPSA) is 65.0 Å². The van der Waals surface area contributed by atoms with E-state index in [0.717, 1.165) is 22.3 Å². The Morgan fingerprint density at radius 2 is 1.80 bits per heavy atom. The van der Waals surface area contributed by atoms with Crippen LogP contribution < -0.4 is 4.74 Å². The van der Waals surface area contributed by atoms with Gasteiger partial charge in [-0.15, -0.1) is 0 Å². The summed E-state index contributed by atoms with van der Waals surface area (Å²) in [5, 5.41) is 0.651. The molecule has 3 aromatic rings. The first kappa shape index (κ1) is 17.0. The van der Waals surface area contributed by atoms with Crippen molar-refractivity contribution in [1.82, 2.24) is 15.0 Å². The Hall–Kier alpha value is -2.79. The molecule has 2 aromatic heterocycles. The maximum Gasteiger partial charge on any atom is 0.221 e. The van der Waals surface area contributed by atoms with E-state index in [9.17, 15) is 4.79 Å². The van der Waals surface area contributed by atoms with Gasteiger partial charge < -0.3 is 4.74 Å². The summed E-state index contributed by atoms with van der Waals surface area (Å²) in [4.78, 5) is 23.8. The standard InChI is InChI=1S/C19H16ClN3O2/c1-12(24)18-21-10-14(11-22-18)6-13-7-17(19(25-2)23-9-13)15-4-3-5-16(20)8-15/h3-5,7-11H,6H2,1-2H3. The first-order chi connectivity index (χ1) is 12.1. The Kier molecular flexibility index (Phi) is 5.05. The van der Waals surface area contributed by atoms with Crippen LogP contribution in [0.3, 0.4) is 0 Å². The highest BCUT2D eigenvalue weighted by Crippen LogP contribution is 2.30. The van der Waals surface area contributed by atoms with Crippen molar-refractivity contribution >= 4 is 17.4 Å². The largest absolute Gasteiger partial charge is 0.481 e. The third kappa shape index (κ3) is 4.00. The fraction of sp³-hybridized carbons (Fsp3) is 0.158. The number of nitrogens with zero attached hydrogens (tertiary/aromatic N) is 3. The lowest BCUT2D eigenvalue weighted by molar-refractivity contribution is 0.100. The van der Waals surface area contributed by atoms with Crippen LogP contribution in [0.2, 0.25) is 5.02 Å². The normalized spacial score (nSPS) is 10.5. The van der Waals surface area contributed by atoms with Crippen LogP contribution in [0.15, 0.2) is 48.9 Å². The molecule has 0 aliphatic heterocycles. The minimum Gasteiger partial charge on any atom is -0.481 e. The second kappa shape index (κ2) is 7.40. The third-order valence-corrected chi connectivity index (χ3v) is 3.90. The molecule has 0 fully saturated rings. The number of aromatic nitrogens is 3. The molecular weight excluding hydrogens is 338 g/mol. The summed E-state index contributed by atoms with van der Waals surface area (Å²) in [6.07, 6.45) is 5.68. The van der Waals surface area contributed by atoms with E-state index in [4.69, 9.17) is 16.3 Å². The smallest absolute Gasteiger partial charge is 0.221 e. The van der Waals surface area contributed by atoms with Crippen molar-refractivity contribution in [3.8, 4) is 17.0 Å². The summed E-state index contributed by atoms with van der Waals surface area (Å²) in [6, 6.07) is 9.55.